The number of benzene rings is 2. The number of nitrogen functional groups attached to an aromatic ring is 1. The Hall–Kier alpha value is -1.43. The van der Waals surface area contributed by atoms with Crippen LogP contribution in [0, 0.1) is 13.8 Å². The van der Waals surface area contributed by atoms with Crippen molar-refractivity contribution in [1.29, 1.82) is 0 Å². The molecule has 21 heavy (non-hydrogen) atoms. The van der Waals surface area contributed by atoms with E-state index in [0.29, 0.717) is 27.0 Å². The molecule has 0 heterocycles. The highest BCUT2D eigenvalue weighted by Crippen LogP contribution is 2.27. The lowest BCUT2D eigenvalue weighted by molar-refractivity contribution is 0.600. The lowest BCUT2D eigenvalue weighted by atomic mass is 10.1. The van der Waals surface area contributed by atoms with Crippen LogP contribution in [-0.4, -0.2) is 8.42 Å². The fourth-order valence-electron chi connectivity index (χ4n) is 1.95. The molecule has 0 saturated heterocycles. The highest BCUT2D eigenvalue weighted by Gasteiger charge is 2.19. The van der Waals surface area contributed by atoms with Gasteiger partial charge >= 0.3 is 0 Å². The number of halogens is 2. The fraction of sp³-hybridized carbons (Fsp3) is 0.143. The third kappa shape index (κ3) is 3.61. The first-order valence-electron chi connectivity index (χ1n) is 6.04. The summed E-state index contributed by atoms with van der Waals surface area (Å²) >= 11 is 11.7. The molecule has 0 aliphatic rings. The molecule has 112 valence electrons. The SMILES string of the molecule is Cc1cc(N)c(C)c(S(=O)(=O)Nc2cc(Cl)cc(Cl)c2)c1. The zero-order valence-corrected chi connectivity index (χ0v) is 13.8. The van der Waals surface area contributed by atoms with Crippen molar-refractivity contribution in [2.24, 2.45) is 0 Å². The molecule has 2 aromatic rings. The van der Waals surface area contributed by atoms with Crippen LogP contribution in [0.5, 0.6) is 0 Å². The minimum Gasteiger partial charge on any atom is -0.398 e. The van der Waals surface area contributed by atoms with E-state index in [0.717, 1.165) is 5.56 Å². The zero-order chi connectivity index (χ0) is 15.8. The number of hydrogen-bond donors (Lipinski definition) is 2. The van der Waals surface area contributed by atoms with Crippen molar-refractivity contribution in [2.45, 2.75) is 18.7 Å². The van der Waals surface area contributed by atoms with Crippen LogP contribution in [0.15, 0.2) is 35.2 Å². The van der Waals surface area contributed by atoms with Gasteiger partial charge in [0.25, 0.3) is 10.0 Å². The monoisotopic (exact) mass is 344 g/mol. The molecular weight excluding hydrogens is 331 g/mol. The number of nitrogens with two attached hydrogens (primary N) is 1. The molecular formula is C14H14Cl2N2O2S. The molecule has 0 aliphatic heterocycles. The summed E-state index contributed by atoms with van der Waals surface area (Å²) < 4.78 is 27.5. The summed E-state index contributed by atoms with van der Waals surface area (Å²) in [6.07, 6.45) is 0. The Kier molecular flexibility index (Phi) is 4.37. The summed E-state index contributed by atoms with van der Waals surface area (Å²) in [4.78, 5) is 0.135. The van der Waals surface area contributed by atoms with Crippen LogP contribution in [0.1, 0.15) is 11.1 Å². The fourth-order valence-corrected chi connectivity index (χ4v) is 3.88. The van der Waals surface area contributed by atoms with Crippen LogP contribution in [-0.2, 0) is 10.0 Å². The van der Waals surface area contributed by atoms with E-state index in [1.807, 2.05) is 0 Å². The molecule has 0 spiro atoms. The summed E-state index contributed by atoms with van der Waals surface area (Å²) in [5, 5.41) is 0.696. The van der Waals surface area contributed by atoms with Gasteiger partial charge in [0.15, 0.2) is 0 Å². The van der Waals surface area contributed by atoms with Gasteiger partial charge in [-0.2, -0.15) is 0 Å². The van der Waals surface area contributed by atoms with Gasteiger partial charge in [-0.3, -0.25) is 4.72 Å². The lowest BCUT2D eigenvalue weighted by Gasteiger charge is -2.13. The Bertz CT molecular complexity index is 785. The molecule has 0 radical (unpaired) electrons. The molecule has 0 unspecified atom stereocenters. The van der Waals surface area contributed by atoms with Gasteiger partial charge in [-0.25, -0.2) is 8.42 Å². The van der Waals surface area contributed by atoms with Crippen LogP contribution in [0.3, 0.4) is 0 Å². The van der Waals surface area contributed by atoms with Crippen molar-refractivity contribution in [3.8, 4) is 0 Å². The largest absolute Gasteiger partial charge is 0.398 e. The van der Waals surface area contributed by atoms with Gasteiger partial charge in [-0.1, -0.05) is 23.2 Å². The molecule has 7 heteroatoms. The van der Waals surface area contributed by atoms with Crippen LogP contribution in [0.25, 0.3) is 0 Å². The molecule has 2 rings (SSSR count). The smallest absolute Gasteiger partial charge is 0.262 e. The molecule has 4 nitrogen and oxygen atoms in total. The highest BCUT2D eigenvalue weighted by molar-refractivity contribution is 7.92. The molecule has 0 atom stereocenters. The van der Waals surface area contributed by atoms with E-state index in [4.69, 9.17) is 28.9 Å². The van der Waals surface area contributed by atoms with Crippen LogP contribution < -0.4 is 10.5 Å². The summed E-state index contributed by atoms with van der Waals surface area (Å²) in [6, 6.07) is 7.79. The second kappa shape index (κ2) is 5.75. The van der Waals surface area contributed by atoms with Crippen LogP contribution in [0.2, 0.25) is 10.0 Å². The minimum absolute atomic E-state index is 0.135. The Morgan fingerprint density at radius 1 is 1.00 bits per heavy atom. The number of rotatable bonds is 3. The van der Waals surface area contributed by atoms with Crippen molar-refractivity contribution >= 4 is 44.6 Å². The molecule has 3 N–H and O–H groups in total. The predicted octanol–water partition coefficient (Wildman–Crippen LogP) is 3.99. The zero-order valence-electron chi connectivity index (χ0n) is 11.4. The average Bonchev–Trinajstić information content (AvgIpc) is 2.31. The van der Waals surface area contributed by atoms with Crippen LogP contribution in [0.4, 0.5) is 11.4 Å². The maximum absolute atomic E-state index is 12.5. The topological polar surface area (TPSA) is 72.2 Å². The molecule has 0 amide bonds. The van der Waals surface area contributed by atoms with Crippen LogP contribution >= 0.6 is 23.2 Å². The van der Waals surface area contributed by atoms with E-state index in [9.17, 15) is 8.42 Å². The Morgan fingerprint density at radius 2 is 1.57 bits per heavy atom. The Labute approximate surface area is 133 Å². The summed E-state index contributed by atoms with van der Waals surface area (Å²) in [6.45, 7) is 3.44. The maximum Gasteiger partial charge on any atom is 0.262 e. The average molecular weight is 345 g/mol. The summed E-state index contributed by atoms with van der Waals surface area (Å²) in [5.74, 6) is 0. The Balaban J connectivity index is 2.48. The lowest BCUT2D eigenvalue weighted by Crippen LogP contribution is -2.15. The van der Waals surface area contributed by atoms with Crippen molar-refractivity contribution in [2.75, 3.05) is 10.5 Å². The third-order valence-electron chi connectivity index (χ3n) is 2.95. The predicted molar refractivity (Wildman–Crippen MR) is 87.6 cm³/mol. The van der Waals surface area contributed by atoms with Gasteiger partial charge in [-0.15, -0.1) is 0 Å². The van der Waals surface area contributed by atoms with Crippen molar-refractivity contribution in [3.63, 3.8) is 0 Å². The molecule has 0 saturated carbocycles. The Morgan fingerprint density at radius 3 is 2.14 bits per heavy atom. The minimum atomic E-state index is -3.77. The van der Waals surface area contributed by atoms with Gasteiger partial charge in [0.1, 0.15) is 0 Å². The van der Waals surface area contributed by atoms with Gasteiger partial charge in [0.05, 0.1) is 10.6 Å². The molecule has 0 bridgehead atoms. The molecule has 0 aromatic heterocycles. The summed E-state index contributed by atoms with van der Waals surface area (Å²) in [5.41, 5.74) is 7.82. The summed E-state index contributed by atoms with van der Waals surface area (Å²) in [7, 11) is -3.77. The van der Waals surface area contributed by atoms with E-state index in [1.165, 1.54) is 18.2 Å². The first-order valence-corrected chi connectivity index (χ1v) is 8.28. The van der Waals surface area contributed by atoms with E-state index in [-0.39, 0.29) is 4.90 Å². The van der Waals surface area contributed by atoms with Gasteiger partial charge < -0.3 is 5.73 Å². The van der Waals surface area contributed by atoms with Gasteiger partial charge in [0, 0.05) is 15.7 Å². The van der Waals surface area contributed by atoms with Crippen molar-refractivity contribution in [1.82, 2.24) is 0 Å². The third-order valence-corrected chi connectivity index (χ3v) is 4.89. The second-order valence-electron chi connectivity index (χ2n) is 4.74. The normalized spacial score (nSPS) is 11.4. The van der Waals surface area contributed by atoms with E-state index in [1.54, 1.807) is 26.0 Å². The van der Waals surface area contributed by atoms with E-state index >= 15 is 0 Å². The van der Waals surface area contributed by atoms with Gasteiger partial charge in [-0.05, 0) is 55.3 Å². The maximum atomic E-state index is 12.5. The van der Waals surface area contributed by atoms with Gasteiger partial charge in [0.2, 0.25) is 0 Å². The molecule has 2 aromatic carbocycles. The second-order valence-corrected chi connectivity index (χ2v) is 7.26. The molecule has 0 aliphatic carbocycles. The first kappa shape index (κ1) is 15.9. The van der Waals surface area contributed by atoms with Crippen molar-refractivity contribution in [3.05, 3.63) is 51.5 Å². The van der Waals surface area contributed by atoms with E-state index < -0.39 is 10.0 Å². The standard InChI is InChI=1S/C14H14Cl2N2O2S/c1-8-3-13(17)9(2)14(4-8)21(19,20)18-12-6-10(15)5-11(16)7-12/h3-7,18H,17H2,1-2H3. The first-order chi connectivity index (χ1) is 9.69. The number of nitrogens with one attached hydrogen (secondary N) is 1. The number of aryl methyl sites for hydroxylation is 1. The van der Waals surface area contributed by atoms with E-state index in [2.05, 4.69) is 4.72 Å². The number of hydrogen-bond acceptors (Lipinski definition) is 3. The molecule has 0 fully saturated rings. The highest BCUT2D eigenvalue weighted by atomic mass is 35.5. The number of sulfonamides is 1. The van der Waals surface area contributed by atoms with Crippen molar-refractivity contribution < 1.29 is 8.42 Å². The quantitative estimate of drug-likeness (QED) is 0.826. The number of anilines is 2.